The molecule has 0 bridgehead atoms. The Balaban J connectivity index is 1.59. The Hall–Kier alpha value is -2.63. The smallest absolute Gasteiger partial charge is 0.263 e. The molecule has 4 rings (SSSR count). The molecule has 0 fully saturated rings. The molecule has 1 unspecified atom stereocenters. The van der Waals surface area contributed by atoms with E-state index >= 15 is 0 Å². The van der Waals surface area contributed by atoms with Gasteiger partial charge in [-0.3, -0.25) is 0 Å². The van der Waals surface area contributed by atoms with Crippen LogP contribution in [-0.4, -0.2) is 28.3 Å². The number of anilines is 1. The number of fused-ring (bicyclic) bond motifs is 2. The quantitative estimate of drug-likeness (QED) is 0.801. The molecular formula is C16H16N4O2. The Labute approximate surface area is 127 Å². The summed E-state index contributed by atoms with van der Waals surface area (Å²) in [5.41, 5.74) is 2.56. The minimum atomic E-state index is 0.398. The van der Waals surface area contributed by atoms with Gasteiger partial charge in [0.25, 0.3) is 5.71 Å². The lowest BCUT2D eigenvalue weighted by atomic mass is 9.93. The van der Waals surface area contributed by atoms with Crippen molar-refractivity contribution in [1.29, 1.82) is 0 Å². The largest absolute Gasteiger partial charge is 0.493 e. The van der Waals surface area contributed by atoms with Crippen LogP contribution >= 0.6 is 0 Å². The number of benzene rings is 1. The number of nitrogens with zero attached hydrogens (tertiary/aromatic N) is 3. The topological polar surface area (TPSA) is 73.1 Å². The van der Waals surface area contributed by atoms with Gasteiger partial charge in [0.1, 0.15) is 23.3 Å². The van der Waals surface area contributed by atoms with Gasteiger partial charge in [-0.15, -0.1) is 0 Å². The Bertz CT molecular complexity index is 815. The van der Waals surface area contributed by atoms with Crippen LogP contribution in [-0.2, 0) is 0 Å². The molecule has 0 amide bonds. The zero-order chi connectivity index (χ0) is 14.9. The molecule has 6 heteroatoms. The predicted octanol–water partition coefficient (Wildman–Crippen LogP) is 2.90. The molecule has 0 aliphatic carbocycles. The molecule has 1 aliphatic rings. The van der Waals surface area contributed by atoms with Gasteiger partial charge in [0.05, 0.1) is 12.3 Å². The lowest BCUT2D eigenvalue weighted by Crippen LogP contribution is -2.21. The van der Waals surface area contributed by atoms with E-state index in [1.165, 1.54) is 11.9 Å². The minimum Gasteiger partial charge on any atom is -0.493 e. The number of hydrogen-bond donors (Lipinski definition) is 1. The summed E-state index contributed by atoms with van der Waals surface area (Å²) < 4.78 is 10.9. The van der Waals surface area contributed by atoms with Crippen molar-refractivity contribution in [3.63, 3.8) is 0 Å². The fourth-order valence-electron chi connectivity index (χ4n) is 2.90. The predicted molar refractivity (Wildman–Crippen MR) is 82.1 cm³/mol. The van der Waals surface area contributed by atoms with Gasteiger partial charge in [-0.2, -0.15) is 4.98 Å². The number of nitrogens with one attached hydrogen (secondary N) is 1. The average Bonchev–Trinajstić information content (AvgIpc) is 2.95. The van der Waals surface area contributed by atoms with Gasteiger partial charge in [-0.25, -0.2) is 4.98 Å². The number of aromatic nitrogens is 3. The first-order valence-corrected chi connectivity index (χ1v) is 7.35. The standard InChI is InChI=1S/C16H16N4O2/c1-10-14-15(18-9-19-16(14)22-20-10)17-8-11-6-7-21-13-5-3-2-4-12(11)13/h2-5,9,11H,6-8H2,1H3,(H,17,18,19). The summed E-state index contributed by atoms with van der Waals surface area (Å²) in [6.45, 7) is 3.43. The molecule has 0 saturated heterocycles. The summed E-state index contributed by atoms with van der Waals surface area (Å²) in [6.07, 6.45) is 2.48. The maximum Gasteiger partial charge on any atom is 0.263 e. The second kappa shape index (κ2) is 5.29. The van der Waals surface area contributed by atoms with Crippen LogP contribution in [0, 0.1) is 6.92 Å². The lowest BCUT2D eigenvalue weighted by molar-refractivity contribution is 0.270. The monoisotopic (exact) mass is 296 g/mol. The summed E-state index contributed by atoms with van der Waals surface area (Å²) in [5, 5.41) is 8.22. The van der Waals surface area contributed by atoms with Crippen molar-refractivity contribution in [3.8, 4) is 5.75 Å². The first-order chi connectivity index (χ1) is 10.8. The molecule has 3 aromatic rings. The maximum absolute atomic E-state index is 5.70. The average molecular weight is 296 g/mol. The molecule has 112 valence electrons. The molecule has 1 aromatic carbocycles. The molecule has 1 aliphatic heterocycles. The van der Waals surface area contributed by atoms with Crippen LogP contribution in [0.1, 0.15) is 23.6 Å². The third kappa shape index (κ3) is 2.16. The molecule has 0 radical (unpaired) electrons. The summed E-state index contributed by atoms with van der Waals surface area (Å²) in [6, 6.07) is 8.20. The molecule has 1 atom stereocenters. The molecule has 0 saturated carbocycles. The van der Waals surface area contributed by atoms with Gasteiger partial charge in [0.15, 0.2) is 0 Å². The second-order valence-corrected chi connectivity index (χ2v) is 5.42. The van der Waals surface area contributed by atoms with E-state index in [0.29, 0.717) is 11.6 Å². The summed E-state index contributed by atoms with van der Waals surface area (Å²) in [5.74, 6) is 2.15. The number of rotatable bonds is 3. The summed E-state index contributed by atoms with van der Waals surface area (Å²) in [4.78, 5) is 8.42. The maximum atomic E-state index is 5.70. The van der Waals surface area contributed by atoms with Gasteiger partial charge < -0.3 is 14.6 Å². The Morgan fingerprint density at radius 1 is 1.27 bits per heavy atom. The summed E-state index contributed by atoms with van der Waals surface area (Å²) >= 11 is 0. The number of ether oxygens (including phenoxy) is 1. The molecular weight excluding hydrogens is 280 g/mol. The molecule has 1 N–H and O–H groups in total. The zero-order valence-corrected chi connectivity index (χ0v) is 12.2. The lowest BCUT2D eigenvalue weighted by Gasteiger charge is -2.26. The highest BCUT2D eigenvalue weighted by atomic mass is 16.5. The second-order valence-electron chi connectivity index (χ2n) is 5.42. The zero-order valence-electron chi connectivity index (χ0n) is 12.2. The summed E-state index contributed by atoms with van der Waals surface area (Å²) in [7, 11) is 0. The highest BCUT2D eigenvalue weighted by molar-refractivity contribution is 5.87. The van der Waals surface area contributed by atoms with Gasteiger partial charge in [-0.05, 0) is 25.0 Å². The van der Waals surface area contributed by atoms with E-state index in [2.05, 4.69) is 26.5 Å². The fourth-order valence-corrected chi connectivity index (χ4v) is 2.90. The van der Waals surface area contributed by atoms with Crippen molar-refractivity contribution in [1.82, 2.24) is 15.1 Å². The number of hydrogen-bond acceptors (Lipinski definition) is 6. The van der Waals surface area contributed by atoms with E-state index < -0.39 is 0 Å². The minimum absolute atomic E-state index is 0.398. The van der Waals surface area contributed by atoms with Crippen molar-refractivity contribution >= 4 is 16.9 Å². The van der Waals surface area contributed by atoms with Crippen LogP contribution in [0.3, 0.4) is 0 Å². The van der Waals surface area contributed by atoms with Gasteiger partial charge in [0, 0.05) is 12.5 Å². The van der Waals surface area contributed by atoms with Crippen LogP contribution in [0.4, 0.5) is 5.82 Å². The van der Waals surface area contributed by atoms with Crippen molar-refractivity contribution in [2.75, 3.05) is 18.5 Å². The van der Waals surface area contributed by atoms with E-state index in [-0.39, 0.29) is 0 Å². The molecule has 0 spiro atoms. The van der Waals surface area contributed by atoms with Crippen molar-refractivity contribution in [3.05, 3.63) is 41.9 Å². The van der Waals surface area contributed by atoms with Crippen LogP contribution in [0.15, 0.2) is 35.1 Å². The van der Waals surface area contributed by atoms with Crippen LogP contribution in [0.25, 0.3) is 11.1 Å². The fraction of sp³-hybridized carbons (Fsp3) is 0.312. The van der Waals surface area contributed by atoms with Gasteiger partial charge >= 0.3 is 0 Å². The number of aryl methyl sites for hydroxylation is 1. The number of para-hydroxylation sites is 1. The van der Waals surface area contributed by atoms with E-state index in [0.717, 1.165) is 42.2 Å². The highest BCUT2D eigenvalue weighted by Gasteiger charge is 2.21. The highest BCUT2D eigenvalue weighted by Crippen LogP contribution is 2.33. The van der Waals surface area contributed by atoms with E-state index in [1.54, 1.807) is 0 Å². The van der Waals surface area contributed by atoms with Crippen molar-refractivity contribution in [2.45, 2.75) is 19.3 Å². The van der Waals surface area contributed by atoms with Crippen molar-refractivity contribution in [2.24, 2.45) is 0 Å². The van der Waals surface area contributed by atoms with E-state index in [4.69, 9.17) is 9.26 Å². The van der Waals surface area contributed by atoms with Gasteiger partial charge in [-0.1, -0.05) is 23.4 Å². The normalized spacial score (nSPS) is 17.0. The molecule has 6 nitrogen and oxygen atoms in total. The van der Waals surface area contributed by atoms with Crippen LogP contribution < -0.4 is 10.1 Å². The first kappa shape index (κ1) is 13.1. The van der Waals surface area contributed by atoms with E-state index in [1.807, 2.05) is 25.1 Å². The van der Waals surface area contributed by atoms with E-state index in [9.17, 15) is 0 Å². The third-order valence-corrected chi connectivity index (χ3v) is 4.04. The Morgan fingerprint density at radius 3 is 3.14 bits per heavy atom. The Kier molecular flexibility index (Phi) is 3.14. The molecule has 3 heterocycles. The first-order valence-electron chi connectivity index (χ1n) is 7.35. The molecule has 22 heavy (non-hydrogen) atoms. The SMILES string of the molecule is Cc1noc2ncnc(NCC3CCOc4ccccc43)c12. The third-order valence-electron chi connectivity index (χ3n) is 4.04. The van der Waals surface area contributed by atoms with Gasteiger partial charge in [0.2, 0.25) is 0 Å². The van der Waals surface area contributed by atoms with Crippen LogP contribution in [0.5, 0.6) is 5.75 Å². The molecule has 2 aromatic heterocycles. The Morgan fingerprint density at radius 2 is 2.18 bits per heavy atom. The van der Waals surface area contributed by atoms with Crippen molar-refractivity contribution < 1.29 is 9.26 Å². The van der Waals surface area contributed by atoms with Crippen LogP contribution in [0.2, 0.25) is 0 Å².